The first-order valence-corrected chi connectivity index (χ1v) is 9.05. The number of benzene rings is 1. The van der Waals surface area contributed by atoms with Gasteiger partial charge in [-0.1, -0.05) is 19.1 Å². The molecular weight excluding hydrogens is 304 g/mol. The van der Waals surface area contributed by atoms with E-state index >= 15 is 0 Å². The Morgan fingerprint density at radius 2 is 2.04 bits per heavy atom. The largest absolute Gasteiger partial charge is 0.493 e. The predicted molar refractivity (Wildman–Crippen MR) is 91.3 cm³/mol. The van der Waals surface area contributed by atoms with Crippen molar-refractivity contribution in [1.82, 2.24) is 9.80 Å². The highest BCUT2D eigenvalue weighted by Gasteiger charge is 2.36. The van der Waals surface area contributed by atoms with E-state index in [2.05, 4.69) is 22.8 Å². The van der Waals surface area contributed by atoms with Crippen LogP contribution in [0.5, 0.6) is 5.75 Å². The minimum Gasteiger partial charge on any atom is -0.493 e. The zero-order chi connectivity index (χ0) is 16.5. The van der Waals surface area contributed by atoms with E-state index in [1.165, 1.54) is 5.56 Å². The zero-order valence-electron chi connectivity index (χ0n) is 14.4. The van der Waals surface area contributed by atoms with Crippen LogP contribution in [0.2, 0.25) is 0 Å². The van der Waals surface area contributed by atoms with E-state index in [0.29, 0.717) is 18.4 Å². The van der Waals surface area contributed by atoms with E-state index in [0.717, 1.165) is 63.7 Å². The third kappa shape index (κ3) is 3.15. The maximum atomic E-state index is 12.7. The van der Waals surface area contributed by atoms with Crippen LogP contribution in [-0.2, 0) is 22.4 Å². The van der Waals surface area contributed by atoms with Crippen molar-refractivity contribution in [2.45, 2.75) is 25.8 Å². The minimum atomic E-state index is 0.247. The van der Waals surface area contributed by atoms with Crippen LogP contribution >= 0.6 is 0 Å². The average Bonchev–Trinajstić information content (AvgIpc) is 3.21. The van der Waals surface area contributed by atoms with E-state index in [9.17, 15) is 4.79 Å². The lowest BCUT2D eigenvalue weighted by Crippen LogP contribution is -2.47. The summed E-state index contributed by atoms with van der Waals surface area (Å²) >= 11 is 0. The number of morpholine rings is 1. The Labute approximate surface area is 143 Å². The number of nitrogens with zero attached hydrogens (tertiary/aromatic N) is 2. The maximum absolute atomic E-state index is 12.7. The first-order chi connectivity index (χ1) is 11.7. The molecule has 1 amide bonds. The minimum absolute atomic E-state index is 0.247. The van der Waals surface area contributed by atoms with Crippen LogP contribution in [0.1, 0.15) is 18.1 Å². The molecule has 2 saturated heterocycles. The van der Waals surface area contributed by atoms with E-state index in [-0.39, 0.29) is 5.91 Å². The normalized spacial score (nSPS) is 27.1. The highest BCUT2D eigenvalue weighted by molar-refractivity contribution is 5.79. The molecule has 3 aliphatic rings. The van der Waals surface area contributed by atoms with Crippen LogP contribution in [0, 0.1) is 5.92 Å². The second-order valence-electron chi connectivity index (χ2n) is 7.21. The molecule has 3 aliphatic heterocycles. The summed E-state index contributed by atoms with van der Waals surface area (Å²) in [6, 6.07) is 6.65. The topological polar surface area (TPSA) is 42.0 Å². The number of amides is 1. The number of rotatable bonds is 3. The molecular formula is C19H26N2O3. The Morgan fingerprint density at radius 1 is 1.21 bits per heavy atom. The fourth-order valence-electron chi connectivity index (χ4n) is 4.17. The molecule has 3 heterocycles. The number of hydrogen-bond donors (Lipinski definition) is 0. The van der Waals surface area contributed by atoms with Crippen LogP contribution in [0.4, 0.5) is 0 Å². The molecule has 0 saturated carbocycles. The third-order valence-electron chi connectivity index (χ3n) is 5.55. The summed E-state index contributed by atoms with van der Waals surface area (Å²) in [5.74, 6) is 1.75. The fraction of sp³-hybridized carbons (Fsp3) is 0.632. The Hall–Kier alpha value is -1.59. The van der Waals surface area contributed by atoms with E-state index in [1.54, 1.807) is 0 Å². The monoisotopic (exact) mass is 330 g/mol. The van der Waals surface area contributed by atoms with Crippen molar-refractivity contribution < 1.29 is 14.3 Å². The highest BCUT2D eigenvalue weighted by Crippen LogP contribution is 2.27. The summed E-state index contributed by atoms with van der Waals surface area (Å²) in [7, 11) is 0. The van der Waals surface area contributed by atoms with Crippen LogP contribution < -0.4 is 4.74 Å². The molecule has 130 valence electrons. The van der Waals surface area contributed by atoms with Gasteiger partial charge in [0, 0.05) is 38.6 Å². The molecule has 0 spiro atoms. The Bertz CT molecular complexity index is 613. The molecule has 0 radical (unpaired) electrons. The molecule has 2 atom stereocenters. The molecule has 0 aromatic heterocycles. The van der Waals surface area contributed by atoms with Gasteiger partial charge >= 0.3 is 0 Å². The third-order valence-corrected chi connectivity index (χ3v) is 5.55. The number of fused-ring (bicyclic) bond motifs is 1. The van der Waals surface area contributed by atoms with Crippen molar-refractivity contribution in [3.05, 3.63) is 29.3 Å². The number of carbonyl (C=O) groups excluding carboxylic acids is 1. The van der Waals surface area contributed by atoms with E-state index < -0.39 is 0 Å². The molecule has 24 heavy (non-hydrogen) atoms. The Kier molecular flexibility index (Phi) is 4.46. The van der Waals surface area contributed by atoms with Crippen LogP contribution in [-0.4, -0.2) is 67.7 Å². The summed E-state index contributed by atoms with van der Waals surface area (Å²) in [5.41, 5.74) is 2.34. The summed E-state index contributed by atoms with van der Waals surface area (Å²) in [6.07, 6.45) is 1.45. The molecule has 0 unspecified atom stereocenters. The quantitative estimate of drug-likeness (QED) is 0.839. The molecule has 4 rings (SSSR count). The number of likely N-dealkylation sites (tertiary alicyclic amines) is 1. The zero-order valence-corrected chi connectivity index (χ0v) is 14.4. The van der Waals surface area contributed by atoms with Gasteiger partial charge < -0.3 is 14.4 Å². The van der Waals surface area contributed by atoms with Crippen molar-refractivity contribution in [2.24, 2.45) is 5.92 Å². The predicted octanol–water partition coefficient (Wildman–Crippen LogP) is 1.34. The van der Waals surface area contributed by atoms with Gasteiger partial charge in [0.05, 0.1) is 26.2 Å². The molecule has 5 heteroatoms. The van der Waals surface area contributed by atoms with Gasteiger partial charge in [0.15, 0.2) is 0 Å². The number of carbonyl (C=O) groups is 1. The van der Waals surface area contributed by atoms with Gasteiger partial charge in [0.2, 0.25) is 5.91 Å². The van der Waals surface area contributed by atoms with Crippen LogP contribution in [0.25, 0.3) is 0 Å². The molecule has 1 aromatic carbocycles. The van der Waals surface area contributed by atoms with Gasteiger partial charge in [-0.3, -0.25) is 9.69 Å². The average molecular weight is 330 g/mol. The van der Waals surface area contributed by atoms with Gasteiger partial charge in [0.25, 0.3) is 0 Å². The molecule has 5 nitrogen and oxygen atoms in total. The van der Waals surface area contributed by atoms with Gasteiger partial charge in [-0.15, -0.1) is 0 Å². The summed E-state index contributed by atoms with van der Waals surface area (Å²) in [4.78, 5) is 17.3. The highest BCUT2D eigenvalue weighted by atomic mass is 16.5. The lowest BCUT2D eigenvalue weighted by atomic mass is 10.0. The van der Waals surface area contributed by atoms with E-state index in [4.69, 9.17) is 9.47 Å². The summed E-state index contributed by atoms with van der Waals surface area (Å²) in [5, 5.41) is 0. The van der Waals surface area contributed by atoms with Crippen LogP contribution in [0.15, 0.2) is 18.2 Å². The van der Waals surface area contributed by atoms with Crippen molar-refractivity contribution in [2.75, 3.05) is 46.0 Å². The SMILES string of the molecule is C[C@H]1CN(C(=O)Cc2ccc3c(c2)CCO3)C[C@@H]1N1CCOCC1. The standard InChI is InChI=1S/C19H26N2O3/c1-14-12-21(13-17(14)20-5-8-23-9-6-20)19(22)11-15-2-3-18-16(10-15)4-7-24-18/h2-3,10,14,17H,4-9,11-13H2,1H3/t14-,17-/m0/s1. The molecule has 2 fully saturated rings. The first-order valence-electron chi connectivity index (χ1n) is 9.05. The lowest BCUT2D eigenvalue weighted by Gasteiger charge is -2.34. The smallest absolute Gasteiger partial charge is 0.227 e. The summed E-state index contributed by atoms with van der Waals surface area (Å²) in [6.45, 7) is 8.35. The summed E-state index contributed by atoms with van der Waals surface area (Å²) < 4.78 is 11.0. The van der Waals surface area contributed by atoms with Crippen molar-refractivity contribution >= 4 is 5.91 Å². The van der Waals surface area contributed by atoms with Crippen LogP contribution in [0.3, 0.4) is 0 Å². The first kappa shape index (κ1) is 15.9. The Balaban J connectivity index is 1.38. The van der Waals surface area contributed by atoms with Crippen molar-refractivity contribution in [1.29, 1.82) is 0 Å². The maximum Gasteiger partial charge on any atom is 0.227 e. The fourth-order valence-corrected chi connectivity index (χ4v) is 4.17. The number of ether oxygens (including phenoxy) is 2. The second-order valence-corrected chi connectivity index (χ2v) is 7.21. The lowest BCUT2D eigenvalue weighted by molar-refractivity contribution is -0.129. The van der Waals surface area contributed by atoms with Crippen molar-refractivity contribution in [3.8, 4) is 5.75 Å². The molecule has 0 aliphatic carbocycles. The molecule has 1 aromatic rings. The number of hydrogen-bond acceptors (Lipinski definition) is 4. The van der Waals surface area contributed by atoms with Gasteiger partial charge in [-0.05, 0) is 23.1 Å². The van der Waals surface area contributed by atoms with Gasteiger partial charge in [-0.2, -0.15) is 0 Å². The van der Waals surface area contributed by atoms with E-state index in [1.807, 2.05) is 12.1 Å². The second kappa shape index (κ2) is 6.73. The van der Waals surface area contributed by atoms with Crippen molar-refractivity contribution in [3.63, 3.8) is 0 Å². The van der Waals surface area contributed by atoms with Gasteiger partial charge in [0.1, 0.15) is 5.75 Å². The molecule has 0 bridgehead atoms. The Morgan fingerprint density at radius 3 is 2.88 bits per heavy atom. The molecule has 0 N–H and O–H groups in total. The van der Waals surface area contributed by atoms with Gasteiger partial charge in [-0.25, -0.2) is 0 Å².